The third kappa shape index (κ3) is 3.65. The van der Waals surface area contributed by atoms with E-state index in [4.69, 9.17) is 4.74 Å². The van der Waals surface area contributed by atoms with Crippen LogP contribution in [0.5, 0.6) is 5.75 Å². The first-order valence-corrected chi connectivity index (χ1v) is 11.5. The molecule has 2 aliphatic heterocycles. The van der Waals surface area contributed by atoms with Crippen LogP contribution in [0.15, 0.2) is 71.7 Å². The Morgan fingerprint density at radius 3 is 2.34 bits per heavy atom. The molecule has 0 unspecified atom stereocenters. The first-order chi connectivity index (χ1) is 15.7. The summed E-state index contributed by atoms with van der Waals surface area (Å²) < 4.78 is 5.29. The molecule has 1 saturated heterocycles. The first kappa shape index (κ1) is 20.3. The van der Waals surface area contributed by atoms with E-state index in [9.17, 15) is 9.59 Å². The van der Waals surface area contributed by atoms with Crippen LogP contribution < -0.4 is 19.9 Å². The van der Waals surface area contributed by atoms with E-state index in [1.54, 1.807) is 13.2 Å². The number of thiophene rings is 1. The number of imide groups is 1. The zero-order valence-electron chi connectivity index (χ0n) is 17.7. The number of rotatable bonds is 6. The Morgan fingerprint density at radius 1 is 0.906 bits per heavy atom. The van der Waals surface area contributed by atoms with E-state index in [0.717, 1.165) is 23.7 Å². The summed E-state index contributed by atoms with van der Waals surface area (Å²) in [5, 5.41) is 5.08. The molecule has 32 heavy (non-hydrogen) atoms. The summed E-state index contributed by atoms with van der Waals surface area (Å²) in [6, 6.07) is 18.7. The third-order valence-electron chi connectivity index (χ3n) is 5.77. The number of hydrogen-bond acceptors (Lipinski definition) is 6. The predicted molar refractivity (Wildman–Crippen MR) is 128 cm³/mol. The highest BCUT2D eigenvalue weighted by molar-refractivity contribution is 7.11. The monoisotopic (exact) mass is 445 g/mol. The van der Waals surface area contributed by atoms with Crippen molar-refractivity contribution >= 4 is 45.8 Å². The van der Waals surface area contributed by atoms with E-state index in [1.807, 2.05) is 60.0 Å². The van der Waals surface area contributed by atoms with Gasteiger partial charge >= 0.3 is 0 Å². The summed E-state index contributed by atoms with van der Waals surface area (Å²) in [5.41, 5.74) is 3.03. The van der Waals surface area contributed by atoms with Gasteiger partial charge in [-0.15, -0.1) is 11.3 Å². The molecule has 0 bridgehead atoms. The maximum absolute atomic E-state index is 13.5. The molecule has 2 amide bonds. The van der Waals surface area contributed by atoms with Crippen molar-refractivity contribution in [2.45, 2.75) is 12.8 Å². The second-order valence-electron chi connectivity index (χ2n) is 7.74. The molecule has 0 spiro atoms. The Labute approximate surface area is 190 Å². The highest BCUT2D eigenvalue weighted by Gasteiger charge is 2.40. The summed E-state index contributed by atoms with van der Waals surface area (Å²) in [4.78, 5) is 31.3. The average molecular weight is 446 g/mol. The van der Waals surface area contributed by atoms with Gasteiger partial charge in [0.25, 0.3) is 11.8 Å². The van der Waals surface area contributed by atoms with E-state index in [2.05, 4.69) is 10.2 Å². The number of methoxy groups -OCH3 is 1. The minimum absolute atomic E-state index is 0.273. The third-order valence-corrected chi connectivity index (χ3v) is 6.66. The Morgan fingerprint density at radius 2 is 1.66 bits per heavy atom. The molecule has 1 N–H and O–H groups in total. The lowest BCUT2D eigenvalue weighted by Gasteiger charge is -2.20. The van der Waals surface area contributed by atoms with E-state index in [1.165, 1.54) is 29.1 Å². The van der Waals surface area contributed by atoms with Crippen molar-refractivity contribution < 1.29 is 14.3 Å². The Balaban J connectivity index is 1.49. The van der Waals surface area contributed by atoms with Crippen molar-refractivity contribution in [3.05, 3.63) is 76.6 Å². The van der Waals surface area contributed by atoms with Crippen LogP contribution in [-0.2, 0) is 9.59 Å². The number of nitrogens with zero attached hydrogens (tertiary/aromatic N) is 2. The van der Waals surface area contributed by atoms with Crippen LogP contribution in [0.4, 0.5) is 17.1 Å². The highest BCUT2D eigenvalue weighted by atomic mass is 32.1. The van der Waals surface area contributed by atoms with Gasteiger partial charge in [0.2, 0.25) is 0 Å². The molecular formula is C25H23N3O3S. The lowest BCUT2D eigenvalue weighted by Crippen LogP contribution is -2.32. The Bertz CT molecular complexity index is 1180. The quantitative estimate of drug-likeness (QED) is 0.555. The fourth-order valence-electron chi connectivity index (χ4n) is 4.16. The smallest absolute Gasteiger partial charge is 0.282 e. The van der Waals surface area contributed by atoms with Crippen LogP contribution in [0.1, 0.15) is 17.7 Å². The first-order valence-electron chi connectivity index (χ1n) is 10.6. The van der Waals surface area contributed by atoms with Gasteiger partial charge in [0.05, 0.1) is 18.4 Å². The molecular weight excluding hydrogens is 422 g/mol. The zero-order valence-corrected chi connectivity index (χ0v) is 18.5. The second kappa shape index (κ2) is 8.51. The van der Waals surface area contributed by atoms with Crippen LogP contribution in [-0.4, -0.2) is 32.0 Å². The summed E-state index contributed by atoms with van der Waals surface area (Å²) in [6.45, 7) is 2.08. The largest absolute Gasteiger partial charge is 0.497 e. The van der Waals surface area contributed by atoms with Crippen molar-refractivity contribution in [3.63, 3.8) is 0 Å². The molecule has 1 aromatic heterocycles. The molecule has 0 saturated carbocycles. The van der Waals surface area contributed by atoms with Gasteiger partial charge in [0, 0.05) is 35.4 Å². The number of hydrogen-bond donors (Lipinski definition) is 1. The number of carbonyl (C=O) groups is 2. The molecule has 0 aliphatic carbocycles. The van der Waals surface area contributed by atoms with E-state index < -0.39 is 0 Å². The van der Waals surface area contributed by atoms with E-state index in [-0.39, 0.29) is 17.5 Å². The molecule has 2 aliphatic rings. The number of nitrogens with one attached hydrogen (secondary N) is 1. The van der Waals surface area contributed by atoms with Gasteiger partial charge < -0.3 is 15.0 Å². The number of anilines is 3. The fourth-order valence-corrected chi connectivity index (χ4v) is 4.93. The topological polar surface area (TPSA) is 61.9 Å². The van der Waals surface area contributed by atoms with Crippen LogP contribution in [0.25, 0.3) is 5.57 Å². The van der Waals surface area contributed by atoms with Gasteiger partial charge in [-0.05, 0) is 60.7 Å². The molecule has 5 rings (SSSR count). The van der Waals surface area contributed by atoms with Gasteiger partial charge in [-0.3, -0.25) is 9.59 Å². The van der Waals surface area contributed by atoms with Crippen molar-refractivity contribution in [1.29, 1.82) is 0 Å². The van der Waals surface area contributed by atoms with Crippen molar-refractivity contribution in [3.8, 4) is 5.75 Å². The Kier molecular flexibility index (Phi) is 5.41. The Hall–Kier alpha value is -3.58. The predicted octanol–water partition coefficient (Wildman–Crippen LogP) is 4.75. The molecule has 0 radical (unpaired) electrons. The molecule has 3 heterocycles. The summed E-state index contributed by atoms with van der Waals surface area (Å²) in [7, 11) is 1.59. The maximum Gasteiger partial charge on any atom is 0.282 e. The minimum atomic E-state index is -0.366. The number of ether oxygens (including phenoxy) is 1. The zero-order chi connectivity index (χ0) is 22.1. The van der Waals surface area contributed by atoms with Crippen molar-refractivity contribution in [1.82, 2.24) is 0 Å². The van der Waals surface area contributed by atoms with Crippen LogP contribution in [0, 0.1) is 0 Å². The van der Waals surface area contributed by atoms with Crippen molar-refractivity contribution in [2.75, 3.05) is 35.3 Å². The van der Waals surface area contributed by atoms with Gasteiger partial charge in [0.15, 0.2) is 0 Å². The molecule has 2 aromatic carbocycles. The normalized spacial score (nSPS) is 16.3. The van der Waals surface area contributed by atoms with E-state index in [0.29, 0.717) is 22.7 Å². The molecule has 7 heteroatoms. The van der Waals surface area contributed by atoms with Gasteiger partial charge in [0.1, 0.15) is 11.4 Å². The summed E-state index contributed by atoms with van der Waals surface area (Å²) in [5.74, 6) is -0.0219. The van der Waals surface area contributed by atoms with Gasteiger partial charge in [-0.2, -0.15) is 0 Å². The second-order valence-corrected chi connectivity index (χ2v) is 8.69. The fraction of sp³-hybridized carbons (Fsp3) is 0.200. The van der Waals surface area contributed by atoms with Crippen molar-refractivity contribution in [2.24, 2.45) is 0 Å². The number of carbonyl (C=O) groups excluding carboxylic acids is 2. The van der Waals surface area contributed by atoms with Crippen LogP contribution in [0.3, 0.4) is 0 Å². The summed E-state index contributed by atoms with van der Waals surface area (Å²) in [6.07, 6.45) is 2.39. The molecule has 3 aromatic rings. The van der Waals surface area contributed by atoms with Gasteiger partial charge in [-0.1, -0.05) is 12.1 Å². The number of amides is 2. The van der Waals surface area contributed by atoms with Crippen LogP contribution in [0.2, 0.25) is 0 Å². The molecule has 0 atom stereocenters. The van der Waals surface area contributed by atoms with E-state index >= 15 is 0 Å². The highest BCUT2D eigenvalue weighted by Crippen LogP contribution is 2.36. The molecule has 1 fully saturated rings. The molecule has 162 valence electrons. The maximum atomic E-state index is 13.5. The van der Waals surface area contributed by atoms with Crippen LogP contribution >= 0.6 is 11.3 Å². The lowest BCUT2D eigenvalue weighted by molar-refractivity contribution is -0.120. The summed E-state index contributed by atoms with van der Waals surface area (Å²) >= 11 is 1.44. The average Bonchev–Trinajstić information content (AvgIpc) is 3.57. The SMILES string of the molecule is COc1cccc(NC2=C(c3cccs3)C(=O)N(c3ccc(N4CCCC4)cc3)C2=O)c1. The lowest BCUT2D eigenvalue weighted by atomic mass is 10.2. The van der Waals surface area contributed by atoms with Gasteiger partial charge in [-0.25, -0.2) is 4.90 Å². The number of benzene rings is 2. The molecule has 6 nitrogen and oxygen atoms in total. The standard InChI is InChI=1S/C25H23N3O3S/c1-31-20-7-4-6-17(16-20)26-23-22(21-8-5-15-32-21)24(29)28(25(23)30)19-11-9-18(10-12-19)27-13-2-3-14-27/h4-12,15-16,26H,2-3,13-14H2,1H3. The minimum Gasteiger partial charge on any atom is -0.497 e.